The molecule has 0 saturated heterocycles. The minimum absolute atomic E-state index is 0. The molecule has 0 fully saturated rings. The van der Waals surface area contributed by atoms with E-state index in [1.807, 2.05) is 0 Å². The first-order chi connectivity index (χ1) is 2.94. The Morgan fingerprint density at radius 1 is 1.50 bits per heavy atom. The first-order valence-corrected chi connectivity index (χ1v) is 3.41. The zero-order chi connectivity index (χ0) is 6.08. The Labute approximate surface area is 82.2 Å². The summed E-state index contributed by atoms with van der Waals surface area (Å²) in [7, 11) is -3.74. The van der Waals surface area contributed by atoms with Gasteiger partial charge in [-0.25, -0.2) is 0 Å². The topological polar surface area (TPSA) is 54.4 Å². The molecule has 0 radical (unpaired) electrons. The molecule has 0 aromatic heterocycles. The van der Waals surface area contributed by atoms with Gasteiger partial charge < -0.3 is 2.85 Å². The van der Waals surface area contributed by atoms with Crippen LogP contribution in [0.1, 0.15) is 16.7 Å². The van der Waals surface area contributed by atoms with Gasteiger partial charge in [0.2, 0.25) is 0 Å². The zero-order valence-electron chi connectivity index (χ0n) is 6.96. The van der Waals surface area contributed by atoms with E-state index >= 15 is 0 Å². The molecule has 0 amide bonds. The van der Waals surface area contributed by atoms with Crippen molar-refractivity contribution in [2.24, 2.45) is 0 Å². The van der Waals surface area contributed by atoms with Gasteiger partial charge in [0, 0.05) is 0 Å². The summed E-state index contributed by atoms with van der Waals surface area (Å²) in [6.07, 6.45) is 0. The Morgan fingerprint density at radius 2 is 1.62 bits per heavy atom. The third-order valence-corrected chi connectivity index (χ3v) is 1.79. The maximum Gasteiger partial charge on any atom is 2.00 e. The van der Waals surface area contributed by atoms with E-state index in [9.17, 15) is 8.42 Å². The van der Waals surface area contributed by atoms with E-state index in [2.05, 4.69) is 0 Å². The molecule has 0 saturated carbocycles. The van der Waals surface area contributed by atoms with Crippen molar-refractivity contribution >= 4 is 47.9 Å². The Hall–Kier alpha value is 1.17. The van der Waals surface area contributed by atoms with E-state index < -0.39 is 15.4 Å². The number of hydrogen-bond donors (Lipinski definition) is 1. The molecule has 48 valence electrons. The van der Waals surface area contributed by atoms with Gasteiger partial charge in [0.05, 0.1) is 5.25 Å². The van der Waals surface area contributed by atoms with Crippen molar-refractivity contribution in [1.82, 2.24) is 0 Å². The summed E-state index contributed by atoms with van der Waals surface area (Å²) in [5, 5.41) is -0.674. The second-order valence-corrected chi connectivity index (χ2v) is 3.54. The fourth-order valence-electron chi connectivity index (χ4n) is 0. The molecule has 0 aliphatic heterocycles. The van der Waals surface area contributed by atoms with Crippen molar-refractivity contribution < 1.29 is 15.8 Å². The van der Waals surface area contributed by atoms with Gasteiger partial charge in [0.25, 0.3) is 10.1 Å². The molecule has 0 unspecified atom stereocenters. The minimum Gasteiger partial charge on any atom is -1.00 e. The van der Waals surface area contributed by atoms with Crippen molar-refractivity contribution in [3.05, 3.63) is 0 Å². The summed E-state index contributed by atoms with van der Waals surface area (Å²) in [5.74, 6) is 0. The molecule has 0 aliphatic rings. The summed E-state index contributed by atoms with van der Waals surface area (Å²) in [6, 6.07) is 0. The van der Waals surface area contributed by atoms with E-state index in [1.54, 1.807) is 0 Å². The summed E-state index contributed by atoms with van der Waals surface area (Å²) in [4.78, 5) is 0. The zero-order valence-corrected chi connectivity index (χ0v) is 7.98. The molecule has 0 aromatic carbocycles. The van der Waals surface area contributed by atoms with Gasteiger partial charge >= 0.3 is 37.7 Å². The summed E-state index contributed by atoms with van der Waals surface area (Å²) in [5.41, 5.74) is 0. The molecule has 0 aliphatic carbocycles. The molecule has 0 bridgehead atoms. The van der Waals surface area contributed by atoms with Crippen LogP contribution in [0.25, 0.3) is 0 Å². The monoisotopic (exact) mass is 166 g/mol. The molecule has 3 nitrogen and oxygen atoms in total. The number of hydrogen-bond acceptors (Lipinski definition) is 2. The van der Waals surface area contributed by atoms with Gasteiger partial charge in [0.1, 0.15) is 0 Å². The largest absolute Gasteiger partial charge is 2.00 e. The van der Waals surface area contributed by atoms with Crippen LogP contribution in [0.3, 0.4) is 0 Å². The molecule has 8 heavy (non-hydrogen) atoms. The van der Waals surface area contributed by atoms with Crippen LogP contribution in [0.5, 0.6) is 0 Å². The summed E-state index contributed by atoms with van der Waals surface area (Å²) < 4.78 is 27.8. The SMILES string of the molecule is CC(C)S(=O)(=O)O.[Ca+2].[H-].[H-]. The van der Waals surface area contributed by atoms with Gasteiger partial charge in [-0.1, -0.05) is 0 Å². The predicted molar refractivity (Wildman–Crippen MR) is 34.7 cm³/mol. The molecular weight excluding hydrogens is 156 g/mol. The Kier molecular flexibility index (Phi) is 6.04. The summed E-state index contributed by atoms with van der Waals surface area (Å²) in [6.45, 7) is 2.82. The van der Waals surface area contributed by atoms with Crippen molar-refractivity contribution in [3.63, 3.8) is 0 Å². The molecular formula is C3H10CaO3S. The standard InChI is InChI=1S/C3H8O3S.Ca.2H/c1-3(2)7(4,5)6;;;/h3H,1-2H3,(H,4,5,6);;;/q;+2;2*-1. The van der Waals surface area contributed by atoms with Gasteiger partial charge in [0.15, 0.2) is 0 Å². The molecule has 0 heterocycles. The Bertz CT molecular complexity index is 144. The average molecular weight is 166 g/mol. The molecule has 0 atom stereocenters. The predicted octanol–water partition coefficient (Wildman–Crippen LogP) is 0.127. The summed E-state index contributed by atoms with van der Waals surface area (Å²) >= 11 is 0. The van der Waals surface area contributed by atoms with Crippen LogP contribution in [0.2, 0.25) is 0 Å². The van der Waals surface area contributed by atoms with Crippen molar-refractivity contribution in [3.8, 4) is 0 Å². The second-order valence-electron chi connectivity index (χ2n) is 1.56. The molecule has 0 spiro atoms. The van der Waals surface area contributed by atoms with Crippen molar-refractivity contribution in [2.45, 2.75) is 19.1 Å². The van der Waals surface area contributed by atoms with Crippen molar-refractivity contribution in [2.75, 3.05) is 0 Å². The quantitative estimate of drug-likeness (QED) is 0.445. The normalized spacial score (nSPS) is 11.0. The van der Waals surface area contributed by atoms with Crippen LogP contribution < -0.4 is 0 Å². The third kappa shape index (κ3) is 5.31. The molecule has 0 aromatic rings. The Balaban J connectivity index is -0.0000000600. The van der Waals surface area contributed by atoms with Gasteiger partial charge in [-0.2, -0.15) is 8.42 Å². The van der Waals surface area contributed by atoms with E-state index in [-0.39, 0.29) is 40.6 Å². The van der Waals surface area contributed by atoms with E-state index in [0.29, 0.717) is 0 Å². The van der Waals surface area contributed by atoms with Crippen molar-refractivity contribution in [1.29, 1.82) is 0 Å². The fraction of sp³-hybridized carbons (Fsp3) is 1.00. The van der Waals surface area contributed by atoms with Crippen LogP contribution in [0.15, 0.2) is 0 Å². The van der Waals surface area contributed by atoms with Crippen LogP contribution >= 0.6 is 0 Å². The first kappa shape index (κ1) is 11.9. The second kappa shape index (κ2) is 4.06. The first-order valence-electron chi connectivity index (χ1n) is 1.91. The van der Waals surface area contributed by atoms with Crippen LogP contribution in [-0.4, -0.2) is 56.0 Å². The maximum atomic E-state index is 9.89. The average Bonchev–Trinajstić information content (AvgIpc) is 1.31. The Morgan fingerprint density at radius 3 is 1.62 bits per heavy atom. The van der Waals surface area contributed by atoms with Crippen LogP contribution in [0.4, 0.5) is 0 Å². The maximum absolute atomic E-state index is 9.89. The van der Waals surface area contributed by atoms with E-state index in [1.165, 1.54) is 13.8 Å². The minimum atomic E-state index is -3.74. The molecule has 0 rings (SSSR count). The third-order valence-electron chi connectivity index (χ3n) is 0.596. The van der Waals surface area contributed by atoms with E-state index in [4.69, 9.17) is 4.55 Å². The molecule has 1 N–H and O–H groups in total. The molecule has 5 heteroatoms. The van der Waals surface area contributed by atoms with Gasteiger partial charge in [-0.15, -0.1) is 0 Å². The smallest absolute Gasteiger partial charge is 1.00 e. The van der Waals surface area contributed by atoms with Crippen LogP contribution in [0, 0.1) is 0 Å². The van der Waals surface area contributed by atoms with Gasteiger partial charge in [-0.05, 0) is 13.8 Å². The fourth-order valence-corrected chi connectivity index (χ4v) is 0. The number of rotatable bonds is 1. The van der Waals surface area contributed by atoms with Gasteiger partial charge in [-0.3, -0.25) is 4.55 Å². The van der Waals surface area contributed by atoms with E-state index in [0.717, 1.165) is 0 Å². The van der Waals surface area contributed by atoms with Crippen LogP contribution in [-0.2, 0) is 10.1 Å².